The molecule has 1 unspecified atom stereocenters. The first-order chi connectivity index (χ1) is 10.3. The largest absolute Gasteiger partial charge is 0.299 e. The van der Waals surface area contributed by atoms with E-state index in [4.69, 9.17) is 0 Å². The van der Waals surface area contributed by atoms with Crippen LogP contribution in [0.25, 0.3) is 0 Å². The number of carbonyl (C=O) groups is 1. The van der Waals surface area contributed by atoms with Crippen molar-refractivity contribution in [1.82, 2.24) is 0 Å². The smallest absolute Gasteiger partial charge is 0.137 e. The monoisotopic (exact) mass is 280 g/mol. The van der Waals surface area contributed by atoms with Crippen molar-refractivity contribution in [2.24, 2.45) is 29.6 Å². The summed E-state index contributed by atoms with van der Waals surface area (Å²) in [6.45, 7) is 0. The van der Waals surface area contributed by atoms with Crippen LogP contribution in [-0.4, -0.2) is 5.78 Å². The fourth-order valence-corrected chi connectivity index (χ4v) is 6.37. The van der Waals surface area contributed by atoms with Gasteiger partial charge in [-0.25, -0.2) is 0 Å². The number of fused-ring (bicyclic) bond motifs is 1. The zero-order chi connectivity index (χ0) is 14.0. The quantitative estimate of drug-likeness (QED) is 0.804. The zero-order valence-corrected chi connectivity index (χ0v) is 12.6. The Morgan fingerprint density at radius 2 is 1.62 bits per heavy atom. The van der Waals surface area contributed by atoms with Crippen molar-refractivity contribution in [3.63, 3.8) is 0 Å². The van der Waals surface area contributed by atoms with Gasteiger partial charge in [-0.15, -0.1) is 0 Å². The first-order valence-corrected chi connectivity index (χ1v) is 8.88. The summed E-state index contributed by atoms with van der Waals surface area (Å²) < 4.78 is 0. The molecule has 21 heavy (non-hydrogen) atoms. The van der Waals surface area contributed by atoms with Crippen LogP contribution in [0.3, 0.4) is 0 Å². The van der Waals surface area contributed by atoms with E-state index in [1.165, 1.54) is 43.2 Å². The van der Waals surface area contributed by atoms with E-state index in [0.717, 1.165) is 36.5 Å². The Morgan fingerprint density at radius 1 is 0.952 bits per heavy atom. The van der Waals surface area contributed by atoms with E-state index >= 15 is 0 Å². The molecule has 5 aliphatic carbocycles. The average molecular weight is 280 g/mol. The molecule has 0 aliphatic heterocycles. The van der Waals surface area contributed by atoms with Gasteiger partial charge < -0.3 is 0 Å². The molecule has 0 spiro atoms. The summed E-state index contributed by atoms with van der Waals surface area (Å²) in [4.78, 5) is 12.9. The van der Waals surface area contributed by atoms with Crippen LogP contribution in [-0.2, 0) is 11.2 Å². The molecule has 1 heteroatoms. The van der Waals surface area contributed by atoms with Crippen molar-refractivity contribution in [1.29, 1.82) is 0 Å². The lowest BCUT2D eigenvalue weighted by molar-refractivity contribution is -0.136. The van der Waals surface area contributed by atoms with Crippen molar-refractivity contribution in [2.75, 3.05) is 0 Å². The third-order valence-electron chi connectivity index (χ3n) is 7.01. The maximum absolute atomic E-state index is 12.9. The molecule has 4 saturated carbocycles. The highest BCUT2D eigenvalue weighted by Gasteiger charge is 2.50. The predicted octanol–water partition coefficient (Wildman–Crippen LogP) is 4.36. The highest BCUT2D eigenvalue weighted by Crippen LogP contribution is 2.57. The van der Waals surface area contributed by atoms with Crippen LogP contribution in [0.4, 0.5) is 0 Å². The Bertz CT molecular complexity index is 559. The van der Waals surface area contributed by atoms with Gasteiger partial charge in [0.1, 0.15) is 5.78 Å². The van der Waals surface area contributed by atoms with E-state index in [1.54, 1.807) is 0 Å². The standard InChI is InChI=1S/C20H24O/c21-19(11-15-10-14-3-1-2-4-18(14)15)20-16-6-12-5-13(8-16)9-17(20)7-12/h1-4,12-13,15-17,20H,5-11H2. The molecule has 1 atom stereocenters. The molecular formula is C20H24O. The molecule has 0 heterocycles. The van der Waals surface area contributed by atoms with Gasteiger partial charge in [-0.1, -0.05) is 24.3 Å². The second kappa shape index (κ2) is 4.44. The summed E-state index contributed by atoms with van der Waals surface area (Å²) in [7, 11) is 0. The molecule has 1 nitrogen and oxygen atoms in total. The van der Waals surface area contributed by atoms with Gasteiger partial charge in [-0.05, 0) is 79.2 Å². The fraction of sp³-hybridized carbons (Fsp3) is 0.650. The van der Waals surface area contributed by atoms with Crippen LogP contribution in [0.15, 0.2) is 24.3 Å². The van der Waals surface area contributed by atoms with Gasteiger partial charge in [0.15, 0.2) is 0 Å². The zero-order valence-electron chi connectivity index (χ0n) is 12.6. The lowest BCUT2D eigenvalue weighted by Gasteiger charge is -2.54. The van der Waals surface area contributed by atoms with Gasteiger partial charge >= 0.3 is 0 Å². The molecule has 1 aromatic carbocycles. The van der Waals surface area contributed by atoms with E-state index in [-0.39, 0.29) is 0 Å². The molecule has 110 valence electrons. The van der Waals surface area contributed by atoms with Gasteiger partial charge in [0.2, 0.25) is 0 Å². The van der Waals surface area contributed by atoms with Gasteiger partial charge in [0.05, 0.1) is 0 Å². The summed E-state index contributed by atoms with van der Waals surface area (Å²) >= 11 is 0. The second-order valence-corrected chi connectivity index (χ2v) is 8.23. The lowest BCUT2D eigenvalue weighted by atomic mass is 9.50. The molecule has 4 fully saturated rings. The number of carbonyl (C=O) groups excluding carboxylic acids is 1. The van der Waals surface area contributed by atoms with Crippen LogP contribution in [0.2, 0.25) is 0 Å². The highest BCUT2D eigenvalue weighted by atomic mass is 16.1. The maximum atomic E-state index is 12.9. The Morgan fingerprint density at radius 3 is 2.29 bits per heavy atom. The van der Waals surface area contributed by atoms with E-state index in [0.29, 0.717) is 17.6 Å². The van der Waals surface area contributed by atoms with Crippen molar-refractivity contribution >= 4 is 5.78 Å². The molecule has 0 radical (unpaired) electrons. The summed E-state index contributed by atoms with van der Waals surface area (Å²) in [5.41, 5.74) is 2.93. The van der Waals surface area contributed by atoms with Crippen LogP contribution < -0.4 is 0 Å². The van der Waals surface area contributed by atoms with Crippen molar-refractivity contribution in [2.45, 2.75) is 50.9 Å². The summed E-state index contributed by atoms with van der Waals surface area (Å²) in [6, 6.07) is 8.69. The van der Waals surface area contributed by atoms with E-state index in [1.807, 2.05) is 0 Å². The number of Topliss-reactive ketones (excluding diaryl/α,β-unsaturated/α-hetero) is 1. The number of hydrogen-bond acceptors (Lipinski definition) is 1. The summed E-state index contributed by atoms with van der Waals surface area (Å²) in [5.74, 6) is 5.04. The van der Waals surface area contributed by atoms with Crippen LogP contribution >= 0.6 is 0 Å². The predicted molar refractivity (Wildman–Crippen MR) is 83.0 cm³/mol. The average Bonchev–Trinajstić information content (AvgIpc) is 2.43. The molecule has 4 bridgehead atoms. The molecule has 0 amide bonds. The normalized spacial score (nSPS) is 42.5. The Labute approximate surface area is 127 Å². The first kappa shape index (κ1) is 12.4. The summed E-state index contributed by atoms with van der Waals surface area (Å²) in [6.07, 6.45) is 8.90. The van der Waals surface area contributed by atoms with Crippen molar-refractivity contribution in [3.8, 4) is 0 Å². The lowest BCUT2D eigenvalue weighted by Crippen LogP contribution is -2.48. The molecule has 0 saturated heterocycles. The number of hydrogen-bond donors (Lipinski definition) is 0. The van der Waals surface area contributed by atoms with Gasteiger partial charge in [-0.2, -0.15) is 0 Å². The summed E-state index contributed by atoms with van der Waals surface area (Å²) in [5, 5.41) is 0. The third-order valence-corrected chi connectivity index (χ3v) is 7.01. The molecule has 0 N–H and O–H groups in total. The molecule has 0 aromatic heterocycles. The minimum atomic E-state index is 0.436. The van der Waals surface area contributed by atoms with Crippen LogP contribution in [0.5, 0.6) is 0 Å². The highest BCUT2D eigenvalue weighted by molar-refractivity contribution is 5.83. The van der Waals surface area contributed by atoms with Crippen LogP contribution in [0, 0.1) is 29.6 Å². The minimum Gasteiger partial charge on any atom is -0.299 e. The van der Waals surface area contributed by atoms with Crippen molar-refractivity contribution in [3.05, 3.63) is 35.4 Å². The molecule has 1 aromatic rings. The molecule has 6 rings (SSSR count). The molecule has 5 aliphatic rings. The third kappa shape index (κ3) is 1.86. The number of ketones is 1. The Balaban J connectivity index is 1.32. The van der Waals surface area contributed by atoms with Gasteiger partial charge in [-0.3, -0.25) is 4.79 Å². The fourth-order valence-electron chi connectivity index (χ4n) is 6.37. The van der Waals surface area contributed by atoms with Crippen molar-refractivity contribution < 1.29 is 4.79 Å². The Kier molecular flexibility index (Phi) is 2.63. The topological polar surface area (TPSA) is 17.1 Å². The number of rotatable bonds is 3. The number of benzene rings is 1. The maximum Gasteiger partial charge on any atom is 0.137 e. The van der Waals surface area contributed by atoms with E-state index in [2.05, 4.69) is 24.3 Å². The van der Waals surface area contributed by atoms with Gasteiger partial charge in [0.25, 0.3) is 0 Å². The minimum absolute atomic E-state index is 0.436. The first-order valence-electron chi connectivity index (χ1n) is 8.88. The van der Waals surface area contributed by atoms with Gasteiger partial charge in [0, 0.05) is 12.3 Å². The second-order valence-electron chi connectivity index (χ2n) is 8.23. The van der Waals surface area contributed by atoms with Crippen LogP contribution in [0.1, 0.15) is 55.6 Å². The Hall–Kier alpha value is -1.11. The van der Waals surface area contributed by atoms with E-state index in [9.17, 15) is 4.79 Å². The molecular weight excluding hydrogens is 256 g/mol. The van der Waals surface area contributed by atoms with E-state index < -0.39 is 0 Å². The SMILES string of the molecule is O=C(CC1Cc2ccccc21)C1C2CC3CC(C2)CC1C3.